The number of carbonyl (C=O) groups excluding carboxylic acids is 1. The van der Waals surface area contributed by atoms with Gasteiger partial charge in [-0.1, -0.05) is 12.7 Å². The number of urea groups is 1. The lowest BCUT2D eigenvalue weighted by Gasteiger charge is -2.14. The van der Waals surface area contributed by atoms with E-state index in [1.807, 2.05) is 6.08 Å². The van der Waals surface area contributed by atoms with E-state index in [1.54, 1.807) is 13.8 Å². The van der Waals surface area contributed by atoms with Gasteiger partial charge >= 0.3 is 6.03 Å². The van der Waals surface area contributed by atoms with Crippen LogP contribution in [0.25, 0.3) is 0 Å². The van der Waals surface area contributed by atoms with Gasteiger partial charge in [0.05, 0.1) is 12.3 Å². The lowest BCUT2D eigenvalue weighted by molar-refractivity contribution is 0.0779. The number of hydrogen-bond acceptors (Lipinski definition) is 7. The second-order valence-electron chi connectivity index (χ2n) is 7.82. The first-order valence-electron chi connectivity index (χ1n) is 10.0. The van der Waals surface area contributed by atoms with Crippen molar-refractivity contribution in [2.75, 3.05) is 0 Å². The Morgan fingerprint density at radius 2 is 1.97 bits per heavy atom. The molecular formula is C21H32N4O3S2. The number of aromatic nitrogens is 1. The van der Waals surface area contributed by atoms with Gasteiger partial charge in [0.1, 0.15) is 14.8 Å². The molecule has 0 saturated heterocycles. The average Bonchev–Trinajstić information content (AvgIpc) is 3.45. The van der Waals surface area contributed by atoms with E-state index in [0.29, 0.717) is 10.7 Å². The monoisotopic (exact) mass is 452 g/mol. The van der Waals surface area contributed by atoms with E-state index in [0.717, 1.165) is 54.0 Å². The van der Waals surface area contributed by atoms with Crippen molar-refractivity contribution in [3.63, 3.8) is 0 Å². The van der Waals surface area contributed by atoms with Crippen molar-refractivity contribution in [1.29, 1.82) is 0 Å². The molecule has 0 aromatic carbocycles. The number of amides is 2. The molecule has 2 aliphatic carbocycles. The molecule has 1 aromatic heterocycles. The van der Waals surface area contributed by atoms with Crippen LogP contribution in [0.15, 0.2) is 39.3 Å². The van der Waals surface area contributed by atoms with Crippen LogP contribution in [-0.2, 0) is 12.2 Å². The molecule has 1 heterocycles. The Balaban J connectivity index is 0.000000222. The van der Waals surface area contributed by atoms with Crippen LogP contribution in [0.4, 0.5) is 4.79 Å². The van der Waals surface area contributed by atoms with Crippen LogP contribution in [0.2, 0.25) is 0 Å². The molecule has 7 nitrogen and oxygen atoms in total. The van der Waals surface area contributed by atoms with Crippen LogP contribution in [0, 0.1) is 0 Å². The maximum Gasteiger partial charge on any atom is 0.316 e. The van der Waals surface area contributed by atoms with Gasteiger partial charge in [0, 0.05) is 5.70 Å². The first-order chi connectivity index (χ1) is 14.2. The molecule has 0 atom stereocenters. The second kappa shape index (κ2) is 11.1. The topological polar surface area (TPSA) is 134 Å². The Hall–Kier alpha value is -1.65. The summed E-state index contributed by atoms with van der Waals surface area (Å²) in [5.41, 5.74) is 9.74. The van der Waals surface area contributed by atoms with Crippen molar-refractivity contribution in [2.24, 2.45) is 10.9 Å². The summed E-state index contributed by atoms with van der Waals surface area (Å²) in [6.45, 7) is 7.01. The van der Waals surface area contributed by atoms with Crippen LogP contribution in [0.1, 0.15) is 69.5 Å². The summed E-state index contributed by atoms with van der Waals surface area (Å²) < 4.78 is 0.750. The molecule has 7 N–H and O–H groups in total. The van der Waals surface area contributed by atoms with Gasteiger partial charge in [-0.2, -0.15) is 0 Å². The van der Waals surface area contributed by atoms with Crippen molar-refractivity contribution in [2.45, 2.75) is 75.2 Å². The summed E-state index contributed by atoms with van der Waals surface area (Å²) in [6.07, 6.45) is 9.77. The standard InChI is InChI=1S/C14H20N2O.C7H12N2O2S2/c1-2-10-8-5-9-12(10)13(16-14(15)17)11-6-3-4-7-11;1-7(2,11)6-9-4(3-10)5(12-6)13-8/h2H,1,3-9H2,(H3,15,16,17);10-11H,3,8H2,1-2H3. The Morgan fingerprint density at radius 3 is 2.43 bits per heavy atom. The third kappa shape index (κ3) is 6.42. The zero-order valence-corrected chi connectivity index (χ0v) is 19.3. The van der Waals surface area contributed by atoms with Crippen LogP contribution in [0.5, 0.6) is 0 Å². The van der Waals surface area contributed by atoms with Crippen molar-refractivity contribution in [1.82, 2.24) is 10.3 Å². The van der Waals surface area contributed by atoms with E-state index in [2.05, 4.69) is 16.9 Å². The fourth-order valence-electron chi connectivity index (χ4n) is 3.62. The number of nitrogens with two attached hydrogens (primary N) is 2. The third-order valence-electron chi connectivity index (χ3n) is 5.06. The predicted octanol–water partition coefficient (Wildman–Crippen LogP) is 3.98. The number of nitrogens with zero attached hydrogens (tertiary/aromatic N) is 1. The summed E-state index contributed by atoms with van der Waals surface area (Å²) >= 11 is 2.35. The molecule has 2 aliphatic rings. The number of rotatable bonds is 6. The Kier molecular flexibility index (Phi) is 9.11. The normalized spacial score (nSPS) is 16.4. The number of thiazole rings is 1. The van der Waals surface area contributed by atoms with Crippen molar-refractivity contribution in [3.8, 4) is 0 Å². The zero-order chi connectivity index (χ0) is 22.3. The highest BCUT2D eigenvalue weighted by molar-refractivity contribution is 7.99. The Morgan fingerprint density at radius 1 is 1.30 bits per heavy atom. The molecule has 30 heavy (non-hydrogen) atoms. The minimum absolute atomic E-state index is 0.147. The first-order valence-corrected chi connectivity index (χ1v) is 11.7. The summed E-state index contributed by atoms with van der Waals surface area (Å²) in [5, 5.41) is 27.3. The lowest BCUT2D eigenvalue weighted by Crippen LogP contribution is -2.30. The molecule has 1 aromatic rings. The number of allylic oxidation sites excluding steroid dienone is 4. The molecule has 1 fully saturated rings. The van der Waals surface area contributed by atoms with Gasteiger partial charge in [0.15, 0.2) is 0 Å². The molecule has 166 valence electrons. The van der Waals surface area contributed by atoms with Crippen LogP contribution in [-0.4, -0.2) is 21.2 Å². The number of carbonyl (C=O) groups is 1. The Labute approximate surface area is 186 Å². The largest absolute Gasteiger partial charge is 0.390 e. The van der Waals surface area contributed by atoms with Crippen molar-refractivity contribution >= 4 is 29.3 Å². The highest BCUT2D eigenvalue weighted by atomic mass is 32.2. The maximum atomic E-state index is 11.1. The minimum Gasteiger partial charge on any atom is -0.390 e. The number of aliphatic hydroxyl groups is 2. The van der Waals surface area contributed by atoms with Gasteiger partial charge in [-0.15, -0.1) is 11.3 Å². The molecular weight excluding hydrogens is 420 g/mol. The van der Waals surface area contributed by atoms with E-state index in [1.165, 1.54) is 40.9 Å². The molecule has 0 unspecified atom stereocenters. The predicted molar refractivity (Wildman–Crippen MR) is 123 cm³/mol. The van der Waals surface area contributed by atoms with Gasteiger partial charge in [-0.25, -0.2) is 9.78 Å². The fourth-order valence-corrected chi connectivity index (χ4v) is 5.11. The van der Waals surface area contributed by atoms with Gasteiger partial charge < -0.3 is 21.3 Å². The third-order valence-corrected chi connectivity index (χ3v) is 7.25. The van der Waals surface area contributed by atoms with Crippen molar-refractivity contribution in [3.05, 3.63) is 45.8 Å². The maximum absolute atomic E-state index is 11.1. The molecule has 3 rings (SSSR count). The number of hydrogen-bond donors (Lipinski definition) is 5. The average molecular weight is 453 g/mol. The van der Waals surface area contributed by atoms with E-state index >= 15 is 0 Å². The van der Waals surface area contributed by atoms with Gasteiger partial charge in [-0.3, -0.25) is 5.14 Å². The van der Waals surface area contributed by atoms with E-state index in [4.69, 9.17) is 16.0 Å². The van der Waals surface area contributed by atoms with E-state index in [9.17, 15) is 9.90 Å². The number of nitrogens with one attached hydrogen (secondary N) is 1. The summed E-state index contributed by atoms with van der Waals surface area (Å²) in [6, 6.07) is -0.456. The SMILES string of the molecule is C=CC1=C(C(NC(N)=O)=C2CCCC2)CCC1.CC(C)(O)c1nc(CO)c(SN)s1. The minimum atomic E-state index is -0.970. The summed E-state index contributed by atoms with van der Waals surface area (Å²) in [7, 11) is 0. The summed E-state index contributed by atoms with van der Waals surface area (Å²) in [4.78, 5) is 15.2. The first kappa shape index (κ1) is 24.6. The second-order valence-corrected chi connectivity index (χ2v) is 9.73. The van der Waals surface area contributed by atoms with Gasteiger partial charge in [0.2, 0.25) is 0 Å². The van der Waals surface area contributed by atoms with Crippen LogP contribution in [0.3, 0.4) is 0 Å². The van der Waals surface area contributed by atoms with Crippen molar-refractivity contribution < 1.29 is 15.0 Å². The lowest BCUT2D eigenvalue weighted by atomic mass is 10.0. The smallest absolute Gasteiger partial charge is 0.316 e. The highest BCUT2D eigenvalue weighted by Crippen LogP contribution is 2.36. The van der Waals surface area contributed by atoms with Gasteiger partial charge in [-0.05, 0) is 87.5 Å². The Bertz CT molecular complexity index is 808. The molecule has 0 aliphatic heterocycles. The highest BCUT2D eigenvalue weighted by Gasteiger charge is 2.23. The van der Waals surface area contributed by atoms with Crippen LogP contribution >= 0.6 is 23.3 Å². The molecule has 0 bridgehead atoms. The fraction of sp³-hybridized carbons (Fsp3) is 0.524. The molecule has 2 amide bonds. The quantitative estimate of drug-likeness (QED) is 0.414. The van der Waals surface area contributed by atoms with E-state index < -0.39 is 11.6 Å². The molecule has 0 radical (unpaired) electrons. The number of aliphatic hydroxyl groups excluding tert-OH is 1. The molecule has 0 spiro atoms. The van der Waals surface area contributed by atoms with Gasteiger partial charge in [0.25, 0.3) is 0 Å². The van der Waals surface area contributed by atoms with E-state index in [-0.39, 0.29) is 6.61 Å². The molecule has 9 heteroatoms. The van der Waals surface area contributed by atoms with Crippen LogP contribution < -0.4 is 16.2 Å². The summed E-state index contributed by atoms with van der Waals surface area (Å²) in [5.74, 6) is 0. The molecule has 1 saturated carbocycles. The number of primary amides is 1. The zero-order valence-electron chi connectivity index (χ0n) is 17.7.